The highest BCUT2D eigenvalue weighted by atomic mass is 35.5. The van der Waals surface area contributed by atoms with Gasteiger partial charge >= 0.3 is 5.97 Å². The van der Waals surface area contributed by atoms with Gasteiger partial charge in [-0.1, -0.05) is 29.8 Å². The molecule has 26 heavy (non-hydrogen) atoms. The Morgan fingerprint density at radius 3 is 2.35 bits per heavy atom. The fraction of sp³-hybridized carbons (Fsp3) is 0.350. The van der Waals surface area contributed by atoms with E-state index in [1.165, 1.54) is 13.2 Å². The second kappa shape index (κ2) is 8.06. The highest BCUT2D eigenvalue weighted by molar-refractivity contribution is 6.30. The Morgan fingerprint density at radius 1 is 1.19 bits per heavy atom. The summed E-state index contributed by atoms with van der Waals surface area (Å²) in [5.74, 6) is -1.27. The average Bonchev–Trinajstić information content (AvgIpc) is 2.64. The van der Waals surface area contributed by atoms with Crippen LogP contribution in [0.2, 0.25) is 5.02 Å². The van der Waals surface area contributed by atoms with E-state index in [9.17, 15) is 14.3 Å². The fourth-order valence-electron chi connectivity index (χ4n) is 3.52. The number of methoxy groups -OCH3 is 1. The van der Waals surface area contributed by atoms with Gasteiger partial charge in [0, 0.05) is 5.02 Å². The summed E-state index contributed by atoms with van der Waals surface area (Å²) in [6, 6.07) is 12.3. The highest BCUT2D eigenvalue weighted by Gasteiger charge is 2.30. The van der Waals surface area contributed by atoms with Crippen molar-refractivity contribution in [2.24, 2.45) is 5.92 Å². The molecule has 0 radical (unpaired) electrons. The van der Waals surface area contributed by atoms with Crippen molar-refractivity contribution < 1.29 is 19.0 Å². The van der Waals surface area contributed by atoms with E-state index >= 15 is 0 Å². The summed E-state index contributed by atoms with van der Waals surface area (Å²) < 4.78 is 19.3. The molecule has 0 spiro atoms. The number of piperidine rings is 1. The van der Waals surface area contributed by atoms with Crippen LogP contribution in [0.15, 0.2) is 42.5 Å². The van der Waals surface area contributed by atoms with Gasteiger partial charge in [0.25, 0.3) is 0 Å². The van der Waals surface area contributed by atoms with Gasteiger partial charge in [0.1, 0.15) is 0 Å². The largest absolute Gasteiger partial charge is 0.494 e. The number of benzene rings is 2. The van der Waals surface area contributed by atoms with Crippen molar-refractivity contribution in [1.29, 1.82) is 0 Å². The maximum Gasteiger partial charge on any atom is 0.306 e. The molecule has 1 aliphatic rings. The van der Waals surface area contributed by atoms with Gasteiger partial charge in [-0.25, -0.2) is 4.39 Å². The molecular formula is C20H21ClFNO3. The Balaban J connectivity index is 1.93. The van der Waals surface area contributed by atoms with Crippen molar-refractivity contribution >= 4 is 17.6 Å². The first kappa shape index (κ1) is 18.7. The molecule has 1 fully saturated rings. The number of rotatable bonds is 5. The van der Waals surface area contributed by atoms with Crippen LogP contribution in [0.3, 0.4) is 0 Å². The van der Waals surface area contributed by atoms with Crippen LogP contribution >= 0.6 is 11.6 Å². The Hall–Kier alpha value is -2.11. The van der Waals surface area contributed by atoms with Gasteiger partial charge in [0.15, 0.2) is 11.6 Å². The standard InChI is InChI=1S/C20H21ClFNO3/c1-26-18-7-4-15(12-17(18)22)19(13-2-5-16(21)6-3-13)23-10-8-14(9-11-23)20(24)25/h2-7,12,14,19H,8-11H2,1H3,(H,24,25). The van der Waals surface area contributed by atoms with Crippen LogP contribution in [0, 0.1) is 11.7 Å². The third kappa shape index (κ3) is 4.00. The minimum absolute atomic E-state index is 0.164. The van der Waals surface area contributed by atoms with Crippen molar-refractivity contribution in [3.8, 4) is 5.75 Å². The average molecular weight is 378 g/mol. The number of halogens is 2. The highest BCUT2D eigenvalue weighted by Crippen LogP contribution is 2.34. The minimum atomic E-state index is -0.747. The normalized spacial score (nSPS) is 17.0. The zero-order chi connectivity index (χ0) is 18.7. The van der Waals surface area contributed by atoms with Gasteiger partial charge in [-0.3, -0.25) is 9.69 Å². The van der Waals surface area contributed by atoms with Gasteiger partial charge in [0.05, 0.1) is 19.1 Å². The van der Waals surface area contributed by atoms with E-state index in [1.807, 2.05) is 30.3 Å². The SMILES string of the molecule is COc1ccc(C(c2ccc(Cl)cc2)N2CCC(C(=O)O)CC2)cc1F. The van der Waals surface area contributed by atoms with Crippen molar-refractivity contribution in [1.82, 2.24) is 4.90 Å². The number of hydrogen-bond donors (Lipinski definition) is 1. The first-order chi connectivity index (χ1) is 12.5. The van der Waals surface area contributed by atoms with Crippen molar-refractivity contribution in [2.45, 2.75) is 18.9 Å². The molecule has 2 aromatic carbocycles. The molecule has 1 N–H and O–H groups in total. The van der Waals surface area contributed by atoms with E-state index in [0.29, 0.717) is 31.0 Å². The number of carboxylic acid groups (broad SMARTS) is 1. The minimum Gasteiger partial charge on any atom is -0.494 e. The van der Waals surface area contributed by atoms with Crippen LogP contribution in [0.25, 0.3) is 0 Å². The van der Waals surface area contributed by atoms with Crippen LogP contribution in [0.1, 0.15) is 30.0 Å². The molecule has 1 saturated heterocycles. The van der Waals surface area contributed by atoms with Crippen LogP contribution < -0.4 is 4.74 Å². The zero-order valence-corrected chi connectivity index (χ0v) is 15.2. The lowest BCUT2D eigenvalue weighted by molar-refractivity contribution is -0.143. The number of carbonyl (C=O) groups is 1. The van der Waals surface area contributed by atoms with Crippen LogP contribution in [-0.2, 0) is 4.79 Å². The van der Waals surface area contributed by atoms with Gasteiger partial charge in [-0.15, -0.1) is 0 Å². The lowest BCUT2D eigenvalue weighted by Crippen LogP contribution is -2.39. The lowest BCUT2D eigenvalue weighted by atomic mass is 9.91. The van der Waals surface area contributed by atoms with E-state index in [1.54, 1.807) is 6.07 Å². The molecule has 2 aromatic rings. The topological polar surface area (TPSA) is 49.8 Å². The molecule has 1 unspecified atom stereocenters. The first-order valence-corrected chi connectivity index (χ1v) is 8.93. The predicted octanol–water partition coefficient (Wildman–Crippen LogP) is 4.37. The number of hydrogen-bond acceptors (Lipinski definition) is 3. The molecule has 6 heteroatoms. The molecule has 1 heterocycles. The lowest BCUT2D eigenvalue weighted by Gasteiger charge is -2.37. The summed E-state index contributed by atoms with van der Waals surface area (Å²) >= 11 is 6.01. The van der Waals surface area contributed by atoms with E-state index in [0.717, 1.165) is 11.1 Å². The monoisotopic (exact) mass is 377 g/mol. The molecule has 1 atom stereocenters. The van der Waals surface area contributed by atoms with Crippen molar-refractivity contribution in [2.75, 3.05) is 20.2 Å². The molecule has 0 aromatic heterocycles. The summed E-state index contributed by atoms with van der Waals surface area (Å²) in [7, 11) is 1.44. The molecule has 0 amide bonds. The third-order valence-electron chi connectivity index (χ3n) is 4.92. The van der Waals surface area contributed by atoms with Gasteiger partial charge in [-0.05, 0) is 61.3 Å². The van der Waals surface area contributed by atoms with E-state index < -0.39 is 11.8 Å². The van der Waals surface area contributed by atoms with E-state index in [-0.39, 0.29) is 17.7 Å². The second-order valence-electron chi connectivity index (χ2n) is 6.50. The predicted molar refractivity (Wildman–Crippen MR) is 98.2 cm³/mol. The maximum absolute atomic E-state index is 14.3. The number of nitrogens with zero attached hydrogens (tertiary/aromatic N) is 1. The van der Waals surface area contributed by atoms with Crippen molar-refractivity contribution in [3.63, 3.8) is 0 Å². The van der Waals surface area contributed by atoms with Gasteiger partial charge in [0.2, 0.25) is 0 Å². The summed E-state index contributed by atoms with van der Waals surface area (Å²) in [6.45, 7) is 1.27. The van der Waals surface area contributed by atoms with E-state index in [4.69, 9.17) is 16.3 Å². The number of likely N-dealkylation sites (tertiary alicyclic amines) is 1. The quantitative estimate of drug-likeness (QED) is 0.840. The molecule has 1 aliphatic heterocycles. The second-order valence-corrected chi connectivity index (χ2v) is 6.93. The molecular weight excluding hydrogens is 357 g/mol. The third-order valence-corrected chi connectivity index (χ3v) is 5.17. The molecule has 4 nitrogen and oxygen atoms in total. The Morgan fingerprint density at radius 2 is 1.81 bits per heavy atom. The summed E-state index contributed by atoms with van der Waals surface area (Å²) in [4.78, 5) is 13.4. The molecule has 138 valence electrons. The number of aliphatic carboxylic acids is 1. The fourth-order valence-corrected chi connectivity index (χ4v) is 3.64. The Labute approximate surface area is 157 Å². The van der Waals surface area contributed by atoms with Gasteiger partial charge in [-0.2, -0.15) is 0 Å². The summed E-state index contributed by atoms with van der Waals surface area (Å²) in [5, 5.41) is 9.86. The molecule has 0 bridgehead atoms. The van der Waals surface area contributed by atoms with Crippen LogP contribution in [0.5, 0.6) is 5.75 Å². The Bertz CT molecular complexity index is 773. The van der Waals surface area contributed by atoms with Gasteiger partial charge < -0.3 is 9.84 Å². The van der Waals surface area contributed by atoms with Crippen molar-refractivity contribution in [3.05, 3.63) is 64.4 Å². The van der Waals surface area contributed by atoms with Crippen LogP contribution in [-0.4, -0.2) is 36.2 Å². The summed E-state index contributed by atoms with van der Waals surface area (Å²) in [6.07, 6.45) is 1.16. The molecule has 3 rings (SSSR count). The molecule has 0 saturated carbocycles. The number of carboxylic acids is 1. The number of ether oxygens (including phenoxy) is 1. The first-order valence-electron chi connectivity index (χ1n) is 8.55. The summed E-state index contributed by atoms with van der Waals surface area (Å²) in [5.41, 5.74) is 1.80. The maximum atomic E-state index is 14.3. The van der Waals surface area contributed by atoms with Crippen LogP contribution in [0.4, 0.5) is 4.39 Å². The van der Waals surface area contributed by atoms with E-state index in [2.05, 4.69) is 4.90 Å². The smallest absolute Gasteiger partial charge is 0.306 e. The Kier molecular flexibility index (Phi) is 5.79. The zero-order valence-electron chi connectivity index (χ0n) is 14.5. The molecule has 0 aliphatic carbocycles.